The minimum atomic E-state index is -0.0181. The smallest absolute Gasteiger partial charge is 0.275 e. The van der Waals surface area contributed by atoms with Crippen LogP contribution in [-0.2, 0) is 4.74 Å². The predicted octanol–water partition coefficient (Wildman–Crippen LogP) is 1.81. The van der Waals surface area contributed by atoms with E-state index < -0.39 is 0 Å². The molecule has 2 aromatic rings. The quantitative estimate of drug-likeness (QED) is 0.849. The Morgan fingerprint density at radius 3 is 3.21 bits per heavy atom. The van der Waals surface area contributed by atoms with E-state index in [0.29, 0.717) is 12.3 Å². The molecule has 0 aliphatic carbocycles. The molecule has 1 aromatic carbocycles. The number of rotatable bonds is 1. The Morgan fingerprint density at radius 1 is 1.47 bits per heavy atom. The lowest BCUT2D eigenvalue weighted by atomic mass is 10.1. The van der Waals surface area contributed by atoms with Crippen LogP contribution in [-0.4, -0.2) is 46.8 Å². The summed E-state index contributed by atoms with van der Waals surface area (Å²) in [7, 11) is 0. The molecule has 1 atom stereocenters. The molecule has 2 heterocycles. The van der Waals surface area contributed by atoms with Crippen LogP contribution in [0.1, 0.15) is 23.8 Å². The molecule has 19 heavy (non-hydrogen) atoms. The molecule has 0 saturated carbocycles. The lowest BCUT2D eigenvalue weighted by Gasteiger charge is -2.25. The van der Waals surface area contributed by atoms with E-state index in [9.17, 15) is 4.79 Å². The molecule has 1 fully saturated rings. The molecule has 1 aliphatic rings. The van der Waals surface area contributed by atoms with Gasteiger partial charge < -0.3 is 9.64 Å². The largest absolute Gasteiger partial charge is 0.379 e. The Hall–Kier alpha value is -1.88. The van der Waals surface area contributed by atoms with Crippen molar-refractivity contribution in [2.75, 3.05) is 19.8 Å². The Morgan fingerprint density at radius 2 is 2.32 bits per heavy atom. The summed E-state index contributed by atoms with van der Waals surface area (Å²) >= 11 is 0. The highest BCUT2D eigenvalue weighted by Gasteiger charge is 2.26. The number of carbonyl (C=O) groups excluding carboxylic acids is 1. The van der Waals surface area contributed by atoms with Crippen LogP contribution in [0.5, 0.6) is 0 Å². The Kier molecular flexibility index (Phi) is 3.21. The molecule has 100 valence electrons. The van der Waals surface area contributed by atoms with E-state index in [1.807, 2.05) is 36.1 Å². The van der Waals surface area contributed by atoms with Gasteiger partial charge in [0, 0.05) is 18.5 Å². The molecular weight excluding hydrogens is 242 g/mol. The molecule has 0 bridgehead atoms. The fraction of sp³-hybridized carbons (Fsp3) is 0.429. The lowest BCUT2D eigenvalue weighted by molar-refractivity contribution is 0.0629. The van der Waals surface area contributed by atoms with Gasteiger partial charge in [0.1, 0.15) is 0 Å². The molecule has 0 radical (unpaired) electrons. The summed E-state index contributed by atoms with van der Waals surface area (Å²) in [4.78, 5) is 14.5. The number of benzene rings is 1. The standard InChI is InChI=1S/C14H17N3O2/c1-10-9-19-8-4-7-17(10)14(18)13-11-5-2-3-6-12(11)15-16-13/h2-3,5-6,10H,4,7-9H2,1H3,(H,15,16). The number of ether oxygens (including phenoxy) is 1. The van der Waals surface area contributed by atoms with E-state index in [2.05, 4.69) is 10.2 Å². The minimum Gasteiger partial charge on any atom is -0.379 e. The topological polar surface area (TPSA) is 58.2 Å². The fourth-order valence-corrected chi connectivity index (χ4v) is 2.47. The van der Waals surface area contributed by atoms with Crippen molar-refractivity contribution < 1.29 is 9.53 Å². The van der Waals surface area contributed by atoms with Crippen molar-refractivity contribution >= 4 is 16.8 Å². The summed E-state index contributed by atoms with van der Waals surface area (Å²) in [5.74, 6) is -0.0181. The van der Waals surface area contributed by atoms with Crippen molar-refractivity contribution in [3.05, 3.63) is 30.0 Å². The number of hydrogen-bond acceptors (Lipinski definition) is 3. The van der Waals surface area contributed by atoms with Gasteiger partial charge in [0.2, 0.25) is 0 Å². The van der Waals surface area contributed by atoms with Crippen molar-refractivity contribution in [1.82, 2.24) is 15.1 Å². The van der Waals surface area contributed by atoms with E-state index in [1.165, 1.54) is 0 Å². The molecule has 3 rings (SSSR count). The summed E-state index contributed by atoms with van der Waals surface area (Å²) in [6.07, 6.45) is 0.873. The van der Waals surface area contributed by atoms with Crippen LogP contribution in [0.2, 0.25) is 0 Å². The second-order valence-corrected chi connectivity index (χ2v) is 4.89. The third-order valence-electron chi connectivity index (χ3n) is 3.51. The van der Waals surface area contributed by atoms with Crippen molar-refractivity contribution in [2.24, 2.45) is 0 Å². The molecule has 5 nitrogen and oxygen atoms in total. The van der Waals surface area contributed by atoms with Crippen molar-refractivity contribution in [3.63, 3.8) is 0 Å². The molecular formula is C14H17N3O2. The average Bonchev–Trinajstić information content (AvgIpc) is 2.74. The number of aromatic nitrogens is 2. The van der Waals surface area contributed by atoms with Crippen LogP contribution < -0.4 is 0 Å². The van der Waals surface area contributed by atoms with Crippen LogP contribution in [0, 0.1) is 0 Å². The summed E-state index contributed by atoms with van der Waals surface area (Å²) in [6.45, 7) is 4.04. The second-order valence-electron chi connectivity index (χ2n) is 4.89. The van der Waals surface area contributed by atoms with E-state index in [0.717, 1.165) is 30.5 Å². The molecule has 1 N–H and O–H groups in total. The number of carbonyl (C=O) groups is 1. The minimum absolute atomic E-state index is 0.0181. The van der Waals surface area contributed by atoms with Crippen LogP contribution >= 0.6 is 0 Å². The molecule has 1 unspecified atom stereocenters. The molecule has 5 heteroatoms. The SMILES string of the molecule is CC1COCCCN1C(=O)c1n[nH]c2ccccc12. The predicted molar refractivity (Wildman–Crippen MR) is 72.0 cm³/mol. The first kappa shape index (κ1) is 12.2. The maximum absolute atomic E-state index is 12.6. The first-order valence-electron chi connectivity index (χ1n) is 6.59. The number of H-pyrrole nitrogens is 1. The van der Waals surface area contributed by atoms with Gasteiger partial charge in [-0.3, -0.25) is 9.89 Å². The van der Waals surface area contributed by atoms with Crippen LogP contribution in [0.3, 0.4) is 0 Å². The summed E-state index contributed by atoms with van der Waals surface area (Å²) < 4.78 is 5.47. The Labute approximate surface area is 111 Å². The zero-order chi connectivity index (χ0) is 13.2. The van der Waals surface area contributed by atoms with Gasteiger partial charge in [0.05, 0.1) is 18.2 Å². The third kappa shape index (κ3) is 2.21. The van der Waals surface area contributed by atoms with E-state index in [4.69, 9.17) is 4.74 Å². The summed E-state index contributed by atoms with van der Waals surface area (Å²) in [5.41, 5.74) is 1.40. The molecule has 1 saturated heterocycles. The Bertz CT molecular complexity index is 593. The van der Waals surface area contributed by atoms with E-state index >= 15 is 0 Å². The van der Waals surface area contributed by atoms with Crippen molar-refractivity contribution in [3.8, 4) is 0 Å². The van der Waals surface area contributed by atoms with E-state index in [1.54, 1.807) is 0 Å². The van der Waals surface area contributed by atoms with Crippen LogP contribution in [0.25, 0.3) is 10.9 Å². The van der Waals surface area contributed by atoms with Gasteiger partial charge in [0.15, 0.2) is 5.69 Å². The number of nitrogens with one attached hydrogen (secondary N) is 1. The van der Waals surface area contributed by atoms with Gasteiger partial charge >= 0.3 is 0 Å². The zero-order valence-electron chi connectivity index (χ0n) is 10.9. The normalized spacial score (nSPS) is 20.5. The first-order valence-corrected chi connectivity index (χ1v) is 6.59. The summed E-state index contributed by atoms with van der Waals surface area (Å²) in [5, 5.41) is 7.97. The highest BCUT2D eigenvalue weighted by molar-refractivity contribution is 6.04. The summed E-state index contributed by atoms with van der Waals surface area (Å²) in [6, 6.07) is 7.78. The highest BCUT2D eigenvalue weighted by atomic mass is 16.5. The number of para-hydroxylation sites is 1. The maximum atomic E-state index is 12.6. The third-order valence-corrected chi connectivity index (χ3v) is 3.51. The van der Waals surface area contributed by atoms with E-state index in [-0.39, 0.29) is 11.9 Å². The molecule has 1 aromatic heterocycles. The lowest BCUT2D eigenvalue weighted by Crippen LogP contribution is -2.40. The van der Waals surface area contributed by atoms with Gasteiger partial charge in [0.25, 0.3) is 5.91 Å². The monoisotopic (exact) mass is 259 g/mol. The number of nitrogens with zero attached hydrogens (tertiary/aromatic N) is 2. The molecule has 1 aliphatic heterocycles. The Balaban J connectivity index is 1.94. The number of fused-ring (bicyclic) bond motifs is 1. The maximum Gasteiger partial charge on any atom is 0.275 e. The first-order chi connectivity index (χ1) is 9.27. The molecule has 1 amide bonds. The highest BCUT2D eigenvalue weighted by Crippen LogP contribution is 2.19. The van der Waals surface area contributed by atoms with Gasteiger partial charge in [-0.1, -0.05) is 18.2 Å². The fourth-order valence-electron chi connectivity index (χ4n) is 2.47. The van der Waals surface area contributed by atoms with Crippen LogP contribution in [0.15, 0.2) is 24.3 Å². The van der Waals surface area contributed by atoms with Crippen LogP contribution in [0.4, 0.5) is 0 Å². The van der Waals surface area contributed by atoms with Gasteiger partial charge in [-0.05, 0) is 19.4 Å². The average molecular weight is 259 g/mol. The second kappa shape index (κ2) is 5.01. The van der Waals surface area contributed by atoms with Crippen molar-refractivity contribution in [1.29, 1.82) is 0 Å². The zero-order valence-corrected chi connectivity index (χ0v) is 10.9. The number of amides is 1. The van der Waals surface area contributed by atoms with Gasteiger partial charge in [-0.15, -0.1) is 0 Å². The molecule has 0 spiro atoms. The van der Waals surface area contributed by atoms with Crippen molar-refractivity contribution in [2.45, 2.75) is 19.4 Å². The van der Waals surface area contributed by atoms with Gasteiger partial charge in [-0.25, -0.2) is 0 Å². The number of aromatic amines is 1. The number of hydrogen-bond donors (Lipinski definition) is 1. The van der Waals surface area contributed by atoms with Gasteiger partial charge in [-0.2, -0.15) is 5.10 Å².